The van der Waals surface area contributed by atoms with Crippen LogP contribution >= 0.6 is 0 Å². The van der Waals surface area contributed by atoms with Crippen molar-refractivity contribution in [2.75, 3.05) is 25.0 Å². The first-order valence-electron chi connectivity index (χ1n) is 8.66. The minimum atomic E-state index is -0.465. The number of rotatable bonds is 8. The van der Waals surface area contributed by atoms with Gasteiger partial charge in [0, 0.05) is 11.7 Å². The van der Waals surface area contributed by atoms with Crippen molar-refractivity contribution in [1.29, 1.82) is 0 Å². The Morgan fingerprint density at radius 1 is 1.12 bits per heavy atom. The number of para-hydroxylation sites is 1. The number of aryl methyl sites for hydroxylation is 1. The van der Waals surface area contributed by atoms with Crippen LogP contribution in [0.3, 0.4) is 0 Å². The van der Waals surface area contributed by atoms with E-state index in [1.165, 1.54) is 0 Å². The number of benzene rings is 1. The molecule has 0 saturated heterocycles. The smallest absolute Gasteiger partial charge is 0.321 e. The van der Waals surface area contributed by atoms with Crippen molar-refractivity contribution in [2.45, 2.75) is 39.2 Å². The minimum Gasteiger partial charge on any atom is -0.335 e. The van der Waals surface area contributed by atoms with Gasteiger partial charge in [0.2, 0.25) is 11.8 Å². The van der Waals surface area contributed by atoms with Gasteiger partial charge in [-0.3, -0.25) is 19.8 Å². The largest absolute Gasteiger partial charge is 0.335 e. The Morgan fingerprint density at radius 3 is 2.44 bits per heavy atom. The highest BCUT2D eigenvalue weighted by Crippen LogP contribution is 2.18. The van der Waals surface area contributed by atoms with Gasteiger partial charge in [-0.15, -0.1) is 0 Å². The molecule has 4 amide bonds. The monoisotopic (exact) mass is 346 g/mol. The quantitative estimate of drug-likeness (QED) is 0.667. The Kier molecular flexibility index (Phi) is 6.94. The number of anilines is 1. The highest BCUT2D eigenvalue weighted by molar-refractivity contribution is 5.96. The SMILES string of the molecule is CCCN(CC(=O)NC(=O)NC1CC1)CC(=O)Nc1ccccc1C. The Balaban J connectivity index is 1.82. The van der Waals surface area contributed by atoms with Gasteiger partial charge >= 0.3 is 6.03 Å². The summed E-state index contributed by atoms with van der Waals surface area (Å²) in [7, 11) is 0. The second-order valence-electron chi connectivity index (χ2n) is 6.37. The van der Waals surface area contributed by atoms with E-state index in [4.69, 9.17) is 0 Å². The van der Waals surface area contributed by atoms with Gasteiger partial charge in [0.15, 0.2) is 0 Å². The molecule has 1 aliphatic rings. The Bertz CT molecular complexity index is 629. The second kappa shape index (κ2) is 9.17. The lowest BCUT2D eigenvalue weighted by molar-refractivity contribution is -0.122. The average Bonchev–Trinajstić information content (AvgIpc) is 3.33. The van der Waals surface area contributed by atoms with Gasteiger partial charge in [0.05, 0.1) is 13.1 Å². The van der Waals surface area contributed by atoms with E-state index in [1.54, 1.807) is 4.90 Å². The zero-order valence-electron chi connectivity index (χ0n) is 14.8. The third kappa shape index (κ3) is 6.93. The molecule has 0 spiro atoms. The maximum Gasteiger partial charge on any atom is 0.321 e. The summed E-state index contributed by atoms with van der Waals surface area (Å²) in [6.07, 6.45) is 2.73. The Morgan fingerprint density at radius 2 is 1.80 bits per heavy atom. The molecule has 7 nitrogen and oxygen atoms in total. The van der Waals surface area contributed by atoms with Crippen molar-refractivity contribution in [2.24, 2.45) is 0 Å². The molecule has 1 fully saturated rings. The van der Waals surface area contributed by atoms with Crippen molar-refractivity contribution in [3.8, 4) is 0 Å². The van der Waals surface area contributed by atoms with Crippen LogP contribution in [0.5, 0.6) is 0 Å². The van der Waals surface area contributed by atoms with Crippen LogP contribution in [0.15, 0.2) is 24.3 Å². The molecule has 25 heavy (non-hydrogen) atoms. The number of nitrogens with one attached hydrogen (secondary N) is 3. The van der Waals surface area contributed by atoms with Gasteiger partial charge in [-0.25, -0.2) is 4.79 Å². The van der Waals surface area contributed by atoms with E-state index in [2.05, 4.69) is 16.0 Å². The fraction of sp³-hybridized carbons (Fsp3) is 0.500. The zero-order chi connectivity index (χ0) is 18.2. The van der Waals surface area contributed by atoms with Crippen LogP contribution < -0.4 is 16.0 Å². The Hall–Kier alpha value is -2.41. The zero-order valence-corrected chi connectivity index (χ0v) is 14.8. The molecule has 0 radical (unpaired) electrons. The number of carbonyl (C=O) groups is 3. The van der Waals surface area contributed by atoms with E-state index in [0.717, 1.165) is 30.5 Å². The number of urea groups is 1. The highest BCUT2D eigenvalue weighted by atomic mass is 16.2. The van der Waals surface area contributed by atoms with Crippen LogP contribution in [0.4, 0.5) is 10.5 Å². The number of carbonyl (C=O) groups excluding carboxylic acids is 3. The molecule has 0 atom stereocenters. The maximum absolute atomic E-state index is 12.2. The van der Waals surface area contributed by atoms with Crippen molar-refractivity contribution in [1.82, 2.24) is 15.5 Å². The summed E-state index contributed by atoms with van der Waals surface area (Å²) < 4.78 is 0. The summed E-state index contributed by atoms with van der Waals surface area (Å²) in [6.45, 7) is 4.60. The van der Waals surface area contributed by atoms with Gasteiger partial charge < -0.3 is 10.6 Å². The van der Waals surface area contributed by atoms with Crippen LogP contribution in [0.25, 0.3) is 0 Å². The predicted octanol–water partition coefficient (Wildman–Crippen LogP) is 1.63. The maximum atomic E-state index is 12.2. The molecule has 1 aromatic rings. The fourth-order valence-corrected chi connectivity index (χ4v) is 2.45. The molecule has 0 aliphatic heterocycles. The molecular formula is C18H26N4O3. The standard InChI is InChI=1S/C18H26N4O3/c1-3-10-22(12-17(24)21-18(25)19-14-8-9-14)11-16(23)20-15-7-5-4-6-13(15)2/h4-7,14H,3,8-12H2,1-2H3,(H,20,23)(H2,19,21,24,25). The van der Waals surface area contributed by atoms with E-state index in [0.29, 0.717) is 6.54 Å². The van der Waals surface area contributed by atoms with E-state index in [-0.39, 0.29) is 25.0 Å². The molecule has 0 aromatic heterocycles. The van der Waals surface area contributed by atoms with E-state index in [9.17, 15) is 14.4 Å². The molecule has 1 saturated carbocycles. The third-order valence-electron chi connectivity index (χ3n) is 3.86. The summed E-state index contributed by atoms with van der Waals surface area (Å²) in [4.78, 5) is 37.6. The summed E-state index contributed by atoms with van der Waals surface area (Å²) in [5.41, 5.74) is 1.74. The lowest BCUT2D eigenvalue weighted by Gasteiger charge is -2.20. The van der Waals surface area contributed by atoms with E-state index >= 15 is 0 Å². The molecule has 1 aliphatic carbocycles. The first-order chi connectivity index (χ1) is 12.0. The number of amides is 4. The Labute approximate surface area is 148 Å². The van der Waals surface area contributed by atoms with Gasteiger partial charge in [-0.05, 0) is 44.4 Å². The van der Waals surface area contributed by atoms with Crippen molar-refractivity contribution in [3.05, 3.63) is 29.8 Å². The van der Waals surface area contributed by atoms with E-state index < -0.39 is 11.9 Å². The van der Waals surface area contributed by atoms with Gasteiger partial charge in [0.25, 0.3) is 0 Å². The van der Waals surface area contributed by atoms with Crippen LogP contribution in [-0.2, 0) is 9.59 Å². The number of imide groups is 1. The molecule has 1 aromatic carbocycles. The molecule has 2 rings (SSSR count). The van der Waals surface area contributed by atoms with Gasteiger partial charge in [0.1, 0.15) is 0 Å². The van der Waals surface area contributed by atoms with Crippen molar-refractivity contribution >= 4 is 23.5 Å². The van der Waals surface area contributed by atoms with Crippen molar-refractivity contribution < 1.29 is 14.4 Å². The normalized spacial score (nSPS) is 13.4. The second-order valence-corrected chi connectivity index (χ2v) is 6.37. The predicted molar refractivity (Wildman–Crippen MR) is 96.2 cm³/mol. The molecule has 0 bridgehead atoms. The number of nitrogens with zero attached hydrogens (tertiary/aromatic N) is 1. The van der Waals surface area contributed by atoms with Crippen LogP contribution in [0, 0.1) is 6.92 Å². The molecule has 136 valence electrons. The molecule has 7 heteroatoms. The average molecular weight is 346 g/mol. The number of hydrogen-bond donors (Lipinski definition) is 3. The van der Waals surface area contributed by atoms with Crippen LogP contribution in [-0.4, -0.2) is 48.4 Å². The minimum absolute atomic E-state index is 0.00706. The topological polar surface area (TPSA) is 90.5 Å². The molecular weight excluding hydrogens is 320 g/mol. The first-order valence-corrected chi connectivity index (χ1v) is 8.66. The summed E-state index contributed by atoms with van der Waals surface area (Å²) >= 11 is 0. The van der Waals surface area contributed by atoms with Crippen molar-refractivity contribution in [3.63, 3.8) is 0 Å². The first kappa shape index (κ1) is 18.9. The number of hydrogen-bond acceptors (Lipinski definition) is 4. The fourth-order valence-electron chi connectivity index (χ4n) is 2.45. The summed E-state index contributed by atoms with van der Waals surface area (Å²) in [6, 6.07) is 7.26. The lowest BCUT2D eigenvalue weighted by atomic mass is 10.2. The third-order valence-corrected chi connectivity index (χ3v) is 3.86. The van der Waals surface area contributed by atoms with Crippen LogP contribution in [0.2, 0.25) is 0 Å². The summed E-state index contributed by atoms with van der Waals surface area (Å²) in [5.74, 6) is -0.590. The van der Waals surface area contributed by atoms with Gasteiger partial charge in [-0.2, -0.15) is 0 Å². The van der Waals surface area contributed by atoms with Gasteiger partial charge in [-0.1, -0.05) is 25.1 Å². The summed E-state index contributed by atoms with van der Waals surface area (Å²) in [5, 5.41) is 7.87. The van der Waals surface area contributed by atoms with E-state index in [1.807, 2.05) is 38.1 Å². The molecule has 0 heterocycles. The molecule has 3 N–H and O–H groups in total. The molecule has 0 unspecified atom stereocenters. The lowest BCUT2D eigenvalue weighted by Crippen LogP contribution is -2.46. The van der Waals surface area contributed by atoms with Crippen LogP contribution in [0.1, 0.15) is 31.7 Å². The highest BCUT2D eigenvalue weighted by Gasteiger charge is 2.24.